The van der Waals surface area contributed by atoms with Crippen LogP contribution in [0.1, 0.15) is 33.9 Å². The van der Waals surface area contributed by atoms with Crippen molar-refractivity contribution in [1.82, 2.24) is 10.6 Å². The molecule has 2 N–H and O–H groups in total. The van der Waals surface area contributed by atoms with E-state index >= 15 is 0 Å². The average molecular weight is 334 g/mol. The molecular weight excluding hydrogens is 312 g/mol. The summed E-state index contributed by atoms with van der Waals surface area (Å²) >= 11 is 0. The molecule has 2 aromatic rings. The molecule has 1 atom stereocenters. The summed E-state index contributed by atoms with van der Waals surface area (Å²) in [7, 11) is 0. The second-order valence-electron chi connectivity index (χ2n) is 5.54. The van der Waals surface area contributed by atoms with Crippen molar-refractivity contribution in [3.63, 3.8) is 0 Å². The predicted molar refractivity (Wildman–Crippen MR) is 99.9 cm³/mol. The summed E-state index contributed by atoms with van der Waals surface area (Å²) < 4.78 is 0. The first-order valence-corrected chi connectivity index (χ1v) is 8.10. The average Bonchev–Trinajstić information content (AvgIpc) is 2.66. The maximum absolute atomic E-state index is 12.8. The third-order valence-electron chi connectivity index (χ3n) is 3.81. The highest BCUT2D eigenvalue weighted by atomic mass is 16.2. The van der Waals surface area contributed by atoms with Gasteiger partial charge in [-0.1, -0.05) is 61.2 Å². The van der Waals surface area contributed by atoms with E-state index in [1.165, 1.54) is 6.08 Å². The van der Waals surface area contributed by atoms with Crippen LogP contribution in [0, 0.1) is 0 Å². The molecule has 0 heterocycles. The quantitative estimate of drug-likeness (QED) is 0.573. The van der Waals surface area contributed by atoms with Gasteiger partial charge in [-0.2, -0.15) is 0 Å². The van der Waals surface area contributed by atoms with Crippen LogP contribution in [0.15, 0.2) is 79.9 Å². The smallest absolute Gasteiger partial charge is 0.252 e. The van der Waals surface area contributed by atoms with E-state index in [4.69, 9.17) is 0 Å². The lowest BCUT2D eigenvalue weighted by Crippen LogP contribution is -2.30. The van der Waals surface area contributed by atoms with Gasteiger partial charge in [0.2, 0.25) is 5.91 Å². The van der Waals surface area contributed by atoms with Crippen LogP contribution in [-0.2, 0) is 11.3 Å². The van der Waals surface area contributed by atoms with Crippen LogP contribution in [0.5, 0.6) is 0 Å². The van der Waals surface area contributed by atoms with Gasteiger partial charge in [0.05, 0.1) is 6.04 Å². The summed E-state index contributed by atoms with van der Waals surface area (Å²) in [6, 6.07) is 16.8. The van der Waals surface area contributed by atoms with Crippen molar-refractivity contribution in [1.29, 1.82) is 0 Å². The van der Waals surface area contributed by atoms with Gasteiger partial charge in [-0.25, -0.2) is 0 Å². The summed E-state index contributed by atoms with van der Waals surface area (Å²) in [6.07, 6.45) is 3.62. The maximum atomic E-state index is 12.8. The molecule has 0 radical (unpaired) electrons. The molecular formula is C21H22N2O2. The van der Waals surface area contributed by atoms with Gasteiger partial charge in [-0.15, -0.1) is 6.58 Å². The molecule has 0 aliphatic carbocycles. The zero-order chi connectivity index (χ0) is 18.1. The number of nitrogens with one attached hydrogen (secondary N) is 2. The van der Waals surface area contributed by atoms with Crippen molar-refractivity contribution in [3.8, 4) is 0 Å². The molecule has 0 fully saturated rings. The van der Waals surface area contributed by atoms with E-state index in [1.54, 1.807) is 18.2 Å². The summed E-state index contributed by atoms with van der Waals surface area (Å²) in [6.45, 7) is 7.47. The maximum Gasteiger partial charge on any atom is 0.252 e. The first-order valence-electron chi connectivity index (χ1n) is 8.10. The standard InChI is InChI=1S/C21H22N2O2/c1-3-10-19(16-11-6-5-7-12-16)23-21(25)18-14-9-8-13-17(18)15-22-20(24)4-2/h3-9,11-14,19H,1-2,10,15H2,(H,22,24)(H,23,25)/t19-/m0/s1. The minimum absolute atomic E-state index is 0.151. The highest BCUT2D eigenvalue weighted by molar-refractivity contribution is 5.96. The van der Waals surface area contributed by atoms with Crippen LogP contribution >= 0.6 is 0 Å². The highest BCUT2D eigenvalue weighted by Crippen LogP contribution is 2.18. The van der Waals surface area contributed by atoms with Gasteiger partial charge in [-0.3, -0.25) is 9.59 Å². The molecule has 4 heteroatoms. The van der Waals surface area contributed by atoms with Gasteiger partial charge in [0.1, 0.15) is 0 Å². The van der Waals surface area contributed by atoms with E-state index in [9.17, 15) is 9.59 Å². The second kappa shape index (κ2) is 9.23. The van der Waals surface area contributed by atoms with Crippen molar-refractivity contribution in [2.45, 2.75) is 19.0 Å². The van der Waals surface area contributed by atoms with Crippen LogP contribution in [-0.4, -0.2) is 11.8 Å². The van der Waals surface area contributed by atoms with Crippen molar-refractivity contribution < 1.29 is 9.59 Å². The SMILES string of the molecule is C=CC[C@H](NC(=O)c1ccccc1CNC(=O)C=C)c1ccccc1. The first kappa shape index (κ1) is 18.2. The topological polar surface area (TPSA) is 58.2 Å². The molecule has 2 aromatic carbocycles. The number of carbonyl (C=O) groups is 2. The Bertz CT molecular complexity index is 754. The number of carbonyl (C=O) groups excluding carboxylic acids is 2. The summed E-state index contributed by atoms with van der Waals surface area (Å²) in [4.78, 5) is 24.1. The van der Waals surface area contributed by atoms with Crippen LogP contribution < -0.4 is 10.6 Å². The number of benzene rings is 2. The van der Waals surface area contributed by atoms with E-state index < -0.39 is 0 Å². The normalized spacial score (nSPS) is 11.2. The molecule has 0 aliphatic rings. The predicted octanol–water partition coefficient (Wildman–Crippen LogP) is 3.54. The fourth-order valence-corrected chi connectivity index (χ4v) is 2.52. The minimum atomic E-state index is -0.274. The Hall–Kier alpha value is -3.14. The lowest BCUT2D eigenvalue weighted by atomic mass is 10.0. The van der Waals surface area contributed by atoms with E-state index in [1.807, 2.05) is 42.5 Å². The largest absolute Gasteiger partial charge is 0.348 e. The van der Waals surface area contributed by atoms with Gasteiger partial charge < -0.3 is 10.6 Å². The Morgan fingerprint density at radius 3 is 2.36 bits per heavy atom. The Morgan fingerprint density at radius 1 is 1.00 bits per heavy atom. The van der Waals surface area contributed by atoms with Crippen LogP contribution in [0.3, 0.4) is 0 Å². The van der Waals surface area contributed by atoms with Crippen molar-refractivity contribution in [3.05, 3.63) is 96.6 Å². The number of amides is 2. The molecule has 0 saturated carbocycles. The monoisotopic (exact) mass is 334 g/mol. The van der Waals surface area contributed by atoms with Crippen LogP contribution in [0.4, 0.5) is 0 Å². The first-order chi connectivity index (χ1) is 12.2. The summed E-state index contributed by atoms with van der Waals surface area (Å²) in [5.41, 5.74) is 2.31. The van der Waals surface area contributed by atoms with E-state index in [-0.39, 0.29) is 24.4 Å². The zero-order valence-corrected chi connectivity index (χ0v) is 14.1. The van der Waals surface area contributed by atoms with Gasteiger partial charge in [0, 0.05) is 12.1 Å². The zero-order valence-electron chi connectivity index (χ0n) is 14.1. The molecule has 0 bridgehead atoms. The third-order valence-corrected chi connectivity index (χ3v) is 3.81. The highest BCUT2D eigenvalue weighted by Gasteiger charge is 2.16. The van der Waals surface area contributed by atoms with E-state index in [0.717, 1.165) is 11.1 Å². The molecule has 0 spiro atoms. The Labute approximate surface area is 148 Å². The molecule has 0 saturated heterocycles. The van der Waals surface area contributed by atoms with Gasteiger partial charge in [0.15, 0.2) is 0 Å². The van der Waals surface area contributed by atoms with Gasteiger partial charge in [0.25, 0.3) is 5.91 Å². The van der Waals surface area contributed by atoms with Crippen molar-refractivity contribution in [2.24, 2.45) is 0 Å². The molecule has 128 valence electrons. The Balaban J connectivity index is 2.17. The minimum Gasteiger partial charge on any atom is -0.348 e. The molecule has 4 nitrogen and oxygen atoms in total. The van der Waals surface area contributed by atoms with Crippen LogP contribution in [0.25, 0.3) is 0 Å². The second-order valence-corrected chi connectivity index (χ2v) is 5.54. The number of hydrogen-bond donors (Lipinski definition) is 2. The molecule has 25 heavy (non-hydrogen) atoms. The lowest BCUT2D eigenvalue weighted by Gasteiger charge is -2.19. The lowest BCUT2D eigenvalue weighted by molar-refractivity contribution is -0.116. The van der Waals surface area contributed by atoms with Crippen LogP contribution in [0.2, 0.25) is 0 Å². The molecule has 0 aliphatic heterocycles. The molecule has 2 rings (SSSR count). The summed E-state index contributed by atoms with van der Waals surface area (Å²) in [5.74, 6) is -0.455. The molecule has 0 aromatic heterocycles. The Morgan fingerprint density at radius 2 is 1.68 bits per heavy atom. The fourth-order valence-electron chi connectivity index (χ4n) is 2.52. The Kier molecular flexibility index (Phi) is 6.72. The summed E-state index contributed by atoms with van der Waals surface area (Å²) in [5, 5.41) is 5.75. The van der Waals surface area contributed by atoms with E-state index in [0.29, 0.717) is 12.0 Å². The van der Waals surface area contributed by atoms with Crippen molar-refractivity contribution in [2.75, 3.05) is 0 Å². The molecule has 2 amide bonds. The fraction of sp³-hybridized carbons (Fsp3) is 0.143. The molecule has 0 unspecified atom stereocenters. The number of hydrogen-bond acceptors (Lipinski definition) is 2. The third kappa shape index (κ3) is 5.18. The van der Waals surface area contributed by atoms with Gasteiger partial charge >= 0.3 is 0 Å². The van der Waals surface area contributed by atoms with E-state index in [2.05, 4.69) is 23.8 Å². The number of rotatable bonds is 8. The van der Waals surface area contributed by atoms with Gasteiger partial charge in [-0.05, 0) is 29.7 Å². The van der Waals surface area contributed by atoms with Crippen molar-refractivity contribution >= 4 is 11.8 Å².